The minimum atomic E-state index is 0.195. The van der Waals surface area contributed by atoms with Crippen LogP contribution in [-0.4, -0.2) is 7.11 Å². The van der Waals surface area contributed by atoms with Gasteiger partial charge in [-0.2, -0.15) is 0 Å². The van der Waals surface area contributed by atoms with Crippen molar-refractivity contribution in [3.05, 3.63) is 64.7 Å². The number of halogens is 1. The zero-order valence-electron chi connectivity index (χ0n) is 12.1. The second-order valence-electron chi connectivity index (χ2n) is 4.90. The van der Waals surface area contributed by atoms with Gasteiger partial charge in [0.25, 0.3) is 0 Å². The Balaban J connectivity index is 2.06. The average molecular weight is 290 g/mol. The van der Waals surface area contributed by atoms with Gasteiger partial charge in [-0.15, -0.1) is 0 Å². The fourth-order valence-electron chi connectivity index (χ4n) is 2.28. The van der Waals surface area contributed by atoms with Gasteiger partial charge in [-0.25, -0.2) is 0 Å². The second-order valence-corrected chi connectivity index (χ2v) is 5.31. The summed E-state index contributed by atoms with van der Waals surface area (Å²) in [5.74, 6) is 0.875. The van der Waals surface area contributed by atoms with Crippen LogP contribution in [0.4, 0.5) is 0 Å². The van der Waals surface area contributed by atoms with Gasteiger partial charge in [0.2, 0.25) is 0 Å². The monoisotopic (exact) mass is 289 g/mol. The quantitative estimate of drug-likeness (QED) is 0.857. The molecule has 1 N–H and O–H groups in total. The predicted molar refractivity (Wildman–Crippen MR) is 84.4 cm³/mol. The zero-order valence-corrected chi connectivity index (χ0v) is 12.8. The number of nitrogens with one attached hydrogen (secondary N) is 1. The normalized spacial score (nSPS) is 13.8. The van der Waals surface area contributed by atoms with E-state index in [1.54, 1.807) is 7.11 Å². The van der Waals surface area contributed by atoms with Crippen molar-refractivity contribution in [3.63, 3.8) is 0 Å². The van der Waals surface area contributed by atoms with E-state index < -0.39 is 0 Å². The van der Waals surface area contributed by atoms with Crippen LogP contribution in [0.15, 0.2) is 48.5 Å². The maximum absolute atomic E-state index is 6.23. The van der Waals surface area contributed by atoms with E-state index in [-0.39, 0.29) is 12.1 Å². The molecule has 0 saturated carbocycles. The van der Waals surface area contributed by atoms with Crippen LogP contribution in [-0.2, 0) is 0 Å². The molecule has 0 aliphatic carbocycles. The van der Waals surface area contributed by atoms with Gasteiger partial charge in [-0.3, -0.25) is 0 Å². The molecule has 2 rings (SSSR count). The van der Waals surface area contributed by atoms with E-state index in [1.165, 1.54) is 5.56 Å². The molecular weight excluding hydrogens is 270 g/mol. The molecule has 2 aromatic carbocycles. The summed E-state index contributed by atoms with van der Waals surface area (Å²) >= 11 is 6.23. The molecule has 0 radical (unpaired) electrons. The molecule has 0 spiro atoms. The number of hydrogen-bond donors (Lipinski definition) is 1. The Kier molecular flexibility index (Phi) is 5.05. The lowest BCUT2D eigenvalue weighted by atomic mass is 10.0. The van der Waals surface area contributed by atoms with Crippen LogP contribution >= 0.6 is 11.6 Å². The molecule has 0 aliphatic heterocycles. The molecule has 3 heteroatoms. The molecule has 0 aromatic heterocycles. The molecule has 2 nitrogen and oxygen atoms in total. The number of methoxy groups -OCH3 is 1. The molecule has 2 aromatic rings. The minimum absolute atomic E-state index is 0.195. The van der Waals surface area contributed by atoms with Crippen LogP contribution in [0.5, 0.6) is 5.75 Å². The first-order valence-corrected chi connectivity index (χ1v) is 7.14. The smallest absolute Gasteiger partial charge is 0.118 e. The lowest BCUT2D eigenvalue weighted by molar-refractivity contribution is 0.414. The summed E-state index contributed by atoms with van der Waals surface area (Å²) in [5, 5.41) is 4.37. The van der Waals surface area contributed by atoms with E-state index in [9.17, 15) is 0 Å². The third kappa shape index (κ3) is 3.53. The van der Waals surface area contributed by atoms with Gasteiger partial charge < -0.3 is 10.1 Å². The Morgan fingerprint density at radius 2 is 1.60 bits per heavy atom. The highest BCUT2D eigenvalue weighted by Crippen LogP contribution is 2.25. The Hall–Kier alpha value is -1.51. The molecular formula is C17H20ClNO. The van der Waals surface area contributed by atoms with Gasteiger partial charge in [-0.05, 0) is 43.2 Å². The maximum atomic E-state index is 6.23. The molecule has 20 heavy (non-hydrogen) atoms. The standard InChI is InChI=1S/C17H20ClNO/c1-12(14-8-10-15(20-3)11-9-14)19-13(2)16-6-4-5-7-17(16)18/h4-13,19H,1-3H3/t12-,13?/m0/s1. The molecule has 0 fully saturated rings. The number of benzene rings is 2. The van der Waals surface area contributed by atoms with E-state index in [0.717, 1.165) is 16.3 Å². The third-order valence-electron chi connectivity index (χ3n) is 3.49. The number of ether oxygens (including phenoxy) is 1. The first kappa shape index (κ1) is 14.9. The molecule has 0 saturated heterocycles. The van der Waals surface area contributed by atoms with Crippen molar-refractivity contribution in [2.24, 2.45) is 0 Å². The van der Waals surface area contributed by atoms with Crippen molar-refractivity contribution < 1.29 is 4.74 Å². The van der Waals surface area contributed by atoms with Gasteiger partial charge in [-0.1, -0.05) is 41.9 Å². The topological polar surface area (TPSA) is 21.3 Å². The van der Waals surface area contributed by atoms with E-state index in [1.807, 2.05) is 30.3 Å². The van der Waals surface area contributed by atoms with Crippen LogP contribution in [0.1, 0.15) is 37.1 Å². The van der Waals surface area contributed by atoms with Crippen LogP contribution < -0.4 is 10.1 Å². The van der Waals surface area contributed by atoms with Crippen LogP contribution in [0.25, 0.3) is 0 Å². The second kappa shape index (κ2) is 6.78. The predicted octanol–water partition coefficient (Wildman–Crippen LogP) is 4.76. The fraction of sp³-hybridized carbons (Fsp3) is 0.294. The maximum Gasteiger partial charge on any atom is 0.118 e. The highest BCUT2D eigenvalue weighted by molar-refractivity contribution is 6.31. The van der Waals surface area contributed by atoms with Crippen LogP contribution in [0, 0.1) is 0 Å². The minimum Gasteiger partial charge on any atom is -0.497 e. The summed E-state index contributed by atoms with van der Waals surface area (Å²) in [6, 6.07) is 16.5. The SMILES string of the molecule is COc1ccc([C@H](C)NC(C)c2ccccc2Cl)cc1. The van der Waals surface area contributed by atoms with Crippen molar-refractivity contribution in [1.82, 2.24) is 5.32 Å². The summed E-state index contributed by atoms with van der Waals surface area (Å²) in [6.45, 7) is 4.27. The van der Waals surface area contributed by atoms with Gasteiger partial charge in [0.1, 0.15) is 5.75 Å². The molecule has 1 unspecified atom stereocenters. The lowest BCUT2D eigenvalue weighted by Crippen LogP contribution is -2.22. The Morgan fingerprint density at radius 1 is 0.950 bits per heavy atom. The molecule has 0 bridgehead atoms. The summed E-state index contributed by atoms with van der Waals surface area (Å²) in [6.07, 6.45) is 0. The van der Waals surface area contributed by atoms with Gasteiger partial charge in [0.05, 0.1) is 7.11 Å². The van der Waals surface area contributed by atoms with Gasteiger partial charge in [0.15, 0.2) is 0 Å². The lowest BCUT2D eigenvalue weighted by Gasteiger charge is -2.21. The summed E-state index contributed by atoms with van der Waals surface area (Å²) in [7, 11) is 1.68. The van der Waals surface area contributed by atoms with Crippen LogP contribution in [0.3, 0.4) is 0 Å². The molecule has 0 amide bonds. The van der Waals surface area contributed by atoms with Crippen molar-refractivity contribution in [2.45, 2.75) is 25.9 Å². The largest absolute Gasteiger partial charge is 0.497 e. The molecule has 0 heterocycles. The van der Waals surface area contributed by atoms with E-state index in [4.69, 9.17) is 16.3 Å². The summed E-state index contributed by atoms with van der Waals surface area (Å²) in [5.41, 5.74) is 2.35. The molecule has 106 valence electrons. The Labute approximate surface area is 125 Å². The van der Waals surface area contributed by atoms with Gasteiger partial charge >= 0.3 is 0 Å². The summed E-state index contributed by atoms with van der Waals surface area (Å²) in [4.78, 5) is 0. The molecule has 0 aliphatic rings. The first-order valence-electron chi connectivity index (χ1n) is 6.76. The third-order valence-corrected chi connectivity index (χ3v) is 3.83. The number of hydrogen-bond acceptors (Lipinski definition) is 2. The van der Waals surface area contributed by atoms with E-state index in [0.29, 0.717) is 0 Å². The number of rotatable bonds is 5. The zero-order chi connectivity index (χ0) is 14.5. The van der Waals surface area contributed by atoms with E-state index >= 15 is 0 Å². The average Bonchev–Trinajstić information content (AvgIpc) is 2.47. The first-order chi connectivity index (χ1) is 9.61. The molecule has 2 atom stereocenters. The van der Waals surface area contributed by atoms with Crippen molar-refractivity contribution >= 4 is 11.6 Å². The van der Waals surface area contributed by atoms with Gasteiger partial charge in [0, 0.05) is 17.1 Å². The fourth-order valence-corrected chi connectivity index (χ4v) is 2.58. The highest BCUT2D eigenvalue weighted by Gasteiger charge is 2.13. The van der Waals surface area contributed by atoms with E-state index in [2.05, 4.69) is 37.4 Å². The Morgan fingerprint density at radius 3 is 2.20 bits per heavy atom. The highest BCUT2D eigenvalue weighted by atomic mass is 35.5. The summed E-state index contributed by atoms with van der Waals surface area (Å²) < 4.78 is 5.18. The van der Waals surface area contributed by atoms with Crippen LogP contribution in [0.2, 0.25) is 5.02 Å². The Bertz CT molecular complexity index is 553. The van der Waals surface area contributed by atoms with Crippen molar-refractivity contribution in [1.29, 1.82) is 0 Å². The van der Waals surface area contributed by atoms with Crippen molar-refractivity contribution in [2.75, 3.05) is 7.11 Å². The van der Waals surface area contributed by atoms with Crippen molar-refractivity contribution in [3.8, 4) is 5.75 Å².